The minimum atomic E-state index is -0.831. The van der Waals surface area contributed by atoms with Gasteiger partial charge in [0.15, 0.2) is 0 Å². The molecule has 4 saturated heterocycles. The lowest BCUT2D eigenvalue weighted by atomic mass is 9.95. The van der Waals surface area contributed by atoms with Crippen molar-refractivity contribution in [2.45, 2.75) is 49.5 Å². The molecule has 220 valence electrons. The SMILES string of the molecule is C=CC(=O)N1CC[C@@H]2[C@H]1CN2c1nc(OC[C@@]23CCCN2C[C@H](F)C3)nc2cc(-c3cncc4cccc(Cl)c34)ccc12. The lowest BCUT2D eigenvalue weighted by Crippen LogP contribution is -2.63. The largest absolute Gasteiger partial charge is 0.461 e. The van der Waals surface area contributed by atoms with Crippen LogP contribution in [0.1, 0.15) is 25.7 Å². The third kappa shape index (κ3) is 4.27. The number of anilines is 1. The number of carbonyl (C=O) groups is 1. The fourth-order valence-electron chi connectivity index (χ4n) is 7.85. The fraction of sp³-hybridized carbons (Fsp3) is 0.394. The molecule has 43 heavy (non-hydrogen) atoms. The Morgan fingerprint density at radius 3 is 2.95 bits per heavy atom. The first-order valence-electron chi connectivity index (χ1n) is 15.0. The lowest BCUT2D eigenvalue weighted by Gasteiger charge is -2.47. The van der Waals surface area contributed by atoms with Crippen molar-refractivity contribution in [2.75, 3.05) is 37.7 Å². The molecule has 4 aromatic rings. The summed E-state index contributed by atoms with van der Waals surface area (Å²) in [5.74, 6) is 0.768. The summed E-state index contributed by atoms with van der Waals surface area (Å²) in [6, 6.07) is 12.6. The second-order valence-corrected chi connectivity index (χ2v) is 12.7. The van der Waals surface area contributed by atoms with Crippen molar-refractivity contribution >= 4 is 45.0 Å². The van der Waals surface area contributed by atoms with E-state index in [1.165, 1.54) is 6.08 Å². The summed E-state index contributed by atoms with van der Waals surface area (Å²) in [5.41, 5.74) is 2.31. The Morgan fingerprint density at radius 1 is 1.16 bits per heavy atom. The van der Waals surface area contributed by atoms with Gasteiger partial charge in [-0.2, -0.15) is 9.97 Å². The Hall–Kier alpha value is -3.82. The molecule has 0 saturated carbocycles. The van der Waals surface area contributed by atoms with Crippen LogP contribution in [-0.2, 0) is 4.79 Å². The molecule has 4 aliphatic heterocycles. The van der Waals surface area contributed by atoms with Gasteiger partial charge in [-0.3, -0.25) is 14.7 Å². The number of aromatic nitrogens is 3. The van der Waals surface area contributed by atoms with Gasteiger partial charge in [0.1, 0.15) is 18.6 Å². The molecule has 4 atom stereocenters. The van der Waals surface area contributed by atoms with Crippen LogP contribution >= 0.6 is 11.6 Å². The molecule has 8 nitrogen and oxygen atoms in total. The Balaban J connectivity index is 1.19. The minimum absolute atomic E-state index is 0.0289. The average molecular weight is 599 g/mol. The quantitative estimate of drug-likeness (QED) is 0.274. The number of ether oxygens (including phenoxy) is 1. The van der Waals surface area contributed by atoms with E-state index in [0.717, 1.165) is 64.4 Å². The first-order chi connectivity index (χ1) is 20.9. The van der Waals surface area contributed by atoms with Crippen molar-refractivity contribution in [2.24, 2.45) is 0 Å². The van der Waals surface area contributed by atoms with Gasteiger partial charge in [-0.15, -0.1) is 0 Å². The van der Waals surface area contributed by atoms with E-state index in [9.17, 15) is 9.18 Å². The molecule has 0 radical (unpaired) electrons. The van der Waals surface area contributed by atoms with E-state index in [1.54, 1.807) is 0 Å². The second-order valence-electron chi connectivity index (χ2n) is 12.3. The standard InChI is InChI=1S/C33H32ClFN6O2/c1-2-29(42)40-12-9-27-28(40)18-41(27)31-23-8-7-20(24-16-36-15-21-5-3-6-25(34)30(21)24)13-26(23)37-32(38-31)43-19-33-10-4-11-39(33)17-22(35)14-33/h2-3,5-8,13,15-16,22,27-28H,1,4,9-12,14,17-19H2/t22-,27-,28-,33+/m1/s1. The van der Waals surface area contributed by atoms with E-state index >= 15 is 0 Å². The number of carbonyl (C=O) groups excluding carboxylic acids is 1. The highest BCUT2D eigenvalue weighted by molar-refractivity contribution is 6.36. The van der Waals surface area contributed by atoms with Crippen LogP contribution in [0.3, 0.4) is 0 Å². The summed E-state index contributed by atoms with van der Waals surface area (Å²) in [4.78, 5) is 33.2. The van der Waals surface area contributed by atoms with Gasteiger partial charge in [0, 0.05) is 65.2 Å². The number of hydrogen-bond donors (Lipinski definition) is 0. The number of pyridine rings is 1. The van der Waals surface area contributed by atoms with Crippen LogP contribution in [0.15, 0.2) is 61.4 Å². The van der Waals surface area contributed by atoms with Gasteiger partial charge in [0.25, 0.3) is 0 Å². The van der Waals surface area contributed by atoms with Gasteiger partial charge in [-0.1, -0.05) is 36.4 Å². The van der Waals surface area contributed by atoms with E-state index < -0.39 is 6.17 Å². The first-order valence-corrected chi connectivity index (χ1v) is 15.4. The van der Waals surface area contributed by atoms with E-state index in [2.05, 4.69) is 33.5 Å². The Bertz CT molecular complexity index is 1780. The van der Waals surface area contributed by atoms with Crippen LogP contribution in [0, 0.1) is 0 Å². The monoisotopic (exact) mass is 598 g/mol. The average Bonchev–Trinajstić information content (AvgIpc) is 3.64. The topological polar surface area (TPSA) is 74.7 Å². The number of likely N-dealkylation sites (tertiary alicyclic amines) is 1. The molecule has 4 fully saturated rings. The molecule has 2 aromatic carbocycles. The molecule has 8 rings (SSSR count). The van der Waals surface area contributed by atoms with Crippen molar-refractivity contribution < 1.29 is 13.9 Å². The molecule has 10 heteroatoms. The van der Waals surface area contributed by atoms with Gasteiger partial charge in [0.2, 0.25) is 5.91 Å². The molecule has 0 unspecified atom stereocenters. The van der Waals surface area contributed by atoms with Gasteiger partial charge < -0.3 is 14.5 Å². The third-order valence-electron chi connectivity index (χ3n) is 9.95. The van der Waals surface area contributed by atoms with E-state index in [0.29, 0.717) is 37.7 Å². The van der Waals surface area contributed by atoms with Crippen LogP contribution < -0.4 is 9.64 Å². The molecule has 2 aromatic heterocycles. The highest BCUT2D eigenvalue weighted by Crippen LogP contribution is 2.43. The maximum absolute atomic E-state index is 14.4. The maximum atomic E-state index is 14.4. The van der Waals surface area contributed by atoms with Crippen molar-refractivity contribution in [1.82, 2.24) is 24.8 Å². The summed E-state index contributed by atoms with van der Waals surface area (Å²) < 4.78 is 20.8. The Kier molecular flexibility index (Phi) is 6.31. The Morgan fingerprint density at radius 2 is 2.07 bits per heavy atom. The number of amides is 1. The zero-order valence-electron chi connectivity index (χ0n) is 23.8. The van der Waals surface area contributed by atoms with Crippen LogP contribution in [0.5, 0.6) is 6.01 Å². The first kappa shape index (κ1) is 26.8. The van der Waals surface area contributed by atoms with Gasteiger partial charge in [-0.05, 0) is 55.6 Å². The van der Waals surface area contributed by atoms with Crippen LogP contribution in [-0.4, -0.2) is 87.2 Å². The van der Waals surface area contributed by atoms with Gasteiger partial charge in [0.05, 0.1) is 23.1 Å². The molecule has 6 heterocycles. The molecule has 0 bridgehead atoms. The van der Waals surface area contributed by atoms with Crippen molar-refractivity contribution in [3.63, 3.8) is 0 Å². The number of alkyl halides is 1. The second kappa shape index (κ2) is 10.1. The van der Waals surface area contributed by atoms with E-state index in [1.807, 2.05) is 41.6 Å². The number of hydrogen-bond acceptors (Lipinski definition) is 7. The van der Waals surface area contributed by atoms with Crippen molar-refractivity contribution in [3.8, 4) is 17.1 Å². The van der Waals surface area contributed by atoms with Gasteiger partial charge in [-0.25, -0.2) is 4.39 Å². The van der Waals surface area contributed by atoms with E-state index in [4.69, 9.17) is 26.3 Å². The van der Waals surface area contributed by atoms with Gasteiger partial charge >= 0.3 is 6.01 Å². The number of rotatable bonds is 6. The molecular formula is C33H32ClFN6O2. The summed E-state index contributed by atoms with van der Waals surface area (Å²) in [7, 11) is 0. The molecule has 0 aliphatic carbocycles. The predicted octanol–water partition coefficient (Wildman–Crippen LogP) is 5.43. The van der Waals surface area contributed by atoms with Crippen LogP contribution in [0.4, 0.5) is 10.2 Å². The minimum Gasteiger partial charge on any atom is -0.461 e. The summed E-state index contributed by atoms with van der Waals surface area (Å²) in [6.45, 7) is 6.78. The Labute approximate surface area is 254 Å². The molecular weight excluding hydrogens is 567 g/mol. The third-order valence-corrected chi connectivity index (χ3v) is 10.3. The summed E-state index contributed by atoms with van der Waals surface area (Å²) in [5, 5.41) is 3.48. The molecule has 0 spiro atoms. The highest BCUT2D eigenvalue weighted by atomic mass is 35.5. The zero-order chi connectivity index (χ0) is 29.3. The number of halogens is 2. The zero-order valence-corrected chi connectivity index (χ0v) is 24.5. The molecule has 4 aliphatic rings. The normalized spacial score (nSPS) is 26.5. The number of nitrogens with zero attached hydrogens (tertiary/aromatic N) is 6. The number of fused-ring (bicyclic) bond motifs is 4. The number of benzene rings is 2. The van der Waals surface area contributed by atoms with Crippen LogP contribution in [0.25, 0.3) is 32.8 Å². The maximum Gasteiger partial charge on any atom is 0.319 e. The lowest BCUT2D eigenvalue weighted by molar-refractivity contribution is -0.127. The smallest absolute Gasteiger partial charge is 0.319 e. The van der Waals surface area contributed by atoms with Crippen LogP contribution in [0.2, 0.25) is 5.02 Å². The predicted molar refractivity (Wildman–Crippen MR) is 165 cm³/mol. The molecule has 1 amide bonds. The molecule has 0 N–H and O–H groups in total. The van der Waals surface area contributed by atoms with Crippen molar-refractivity contribution in [3.05, 3.63) is 66.5 Å². The van der Waals surface area contributed by atoms with E-state index in [-0.39, 0.29) is 29.5 Å². The summed E-state index contributed by atoms with van der Waals surface area (Å²) >= 11 is 6.66. The highest BCUT2D eigenvalue weighted by Gasteiger charge is 2.50. The fourth-order valence-corrected chi connectivity index (χ4v) is 8.14. The summed E-state index contributed by atoms with van der Waals surface area (Å²) in [6.07, 6.45) is 7.51. The van der Waals surface area contributed by atoms with Crippen molar-refractivity contribution in [1.29, 1.82) is 0 Å².